The van der Waals surface area contributed by atoms with Crippen LogP contribution in [0.1, 0.15) is 24.5 Å². The lowest BCUT2D eigenvalue weighted by molar-refractivity contribution is -0.148. The van der Waals surface area contributed by atoms with Gasteiger partial charge in [-0.1, -0.05) is 6.07 Å². The Bertz CT molecular complexity index is 955. The predicted octanol–water partition coefficient (Wildman–Crippen LogP) is 3.74. The van der Waals surface area contributed by atoms with Crippen LogP contribution in [-0.4, -0.2) is 30.4 Å². The van der Waals surface area contributed by atoms with Crippen LogP contribution in [0.15, 0.2) is 46.9 Å². The minimum absolute atomic E-state index is 0.0925. The topological polar surface area (TPSA) is 83.7 Å². The number of aromatic nitrogens is 2. The van der Waals surface area contributed by atoms with E-state index in [9.17, 15) is 9.18 Å². The van der Waals surface area contributed by atoms with E-state index in [0.717, 1.165) is 0 Å². The standard InChI is InChI=1S/C20H19FN2O5/c1-12(27-18(24)11-13-4-9-17(26-3)16(21)10-13)19-22-23-20(28-19)14-5-7-15(25-2)8-6-14/h4-10,12H,11H2,1-3H3/t12-/m0/s1. The summed E-state index contributed by atoms with van der Waals surface area (Å²) in [4.78, 5) is 12.1. The van der Waals surface area contributed by atoms with Gasteiger partial charge >= 0.3 is 5.97 Å². The van der Waals surface area contributed by atoms with Gasteiger partial charge in [0.1, 0.15) is 5.75 Å². The molecule has 0 amide bonds. The van der Waals surface area contributed by atoms with Crippen LogP contribution >= 0.6 is 0 Å². The van der Waals surface area contributed by atoms with Gasteiger partial charge in [0, 0.05) is 5.56 Å². The normalized spacial score (nSPS) is 11.7. The Labute approximate surface area is 161 Å². The van der Waals surface area contributed by atoms with E-state index < -0.39 is 17.9 Å². The molecule has 2 aromatic carbocycles. The Hall–Kier alpha value is -3.42. The molecule has 0 saturated carbocycles. The van der Waals surface area contributed by atoms with Gasteiger partial charge in [-0.25, -0.2) is 4.39 Å². The second-order valence-corrected chi connectivity index (χ2v) is 5.95. The van der Waals surface area contributed by atoms with Crippen LogP contribution < -0.4 is 9.47 Å². The quantitative estimate of drug-likeness (QED) is 0.572. The monoisotopic (exact) mass is 386 g/mol. The number of esters is 1. The minimum Gasteiger partial charge on any atom is -0.497 e. The highest BCUT2D eigenvalue weighted by atomic mass is 19.1. The average Bonchev–Trinajstić information content (AvgIpc) is 3.18. The van der Waals surface area contributed by atoms with E-state index in [0.29, 0.717) is 22.8 Å². The molecule has 8 heteroatoms. The summed E-state index contributed by atoms with van der Waals surface area (Å²) in [5.41, 5.74) is 1.19. The van der Waals surface area contributed by atoms with Crippen molar-refractivity contribution in [1.82, 2.24) is 10.2 Å². The maximum Gasteiger partial charge on any atom is 0.311 e. The summed E-state index contributed by atoms with van der Waals surface area (Å²) < 4.78 is 34.6. The van der Waals surface area contributed by atoms with Gasteiger partial charge in [-0.15, -0.1) is 10.2 Å². The number of carbonyl (C=O) groups excluding carboxylic acids is 1. The number of halogens is 1. The summed E-state index contributed by atoms with van der Waals surface area (Å²) in [6.45, 7) is 1.62. The molecule has 7 nitrogen and oxygen atoms in total. The van der Waals surface area contributed by atoms with Crippen molar-refractivity contribution < 1.29 is 27.8 Å². The molecule has 0 radical (unpaired) electrons. The third kappa shape index (κ3) is 4.46. The van der Waals surface area contributed by atoms with Crippen LogP contribution in [0.5, 0.6) is 11.5 Å². The fourth-order valence-electron chi connectivity index (χ4n) is 2.52. The van der Waals surface area contributed by atoms with E-state index in [2.05, 4.69) is 10.2 Å². The number of hydrogen-bond acceptors (Lipinski definition) is 7. The number of nitrogens with zero attached hydrogens (tertiary/aromatic N) is 2. The van der Waals surface area contributed by atoms with Gasteiger partial charge in [0.15, 0.2) is 17.7 Å². The summed E-state index contributed by atoms with van der Waals surface area (Å²) in [6, 6.07) is 11.4. The zero-order valence-corrected chi connectivity index (χ0v) is 15.6. The molecular formula is C20H19FN2O5. The number of benzene rings is 2. The highest BCUT2D eigenvalue weighted by Gasteiger charge is 2.19. The van der Waals surface area contributed by atoms with Crippen molar-refractivity contribution in [3.63, 3.8) is 0 Å². The van der Waals surface area contributed by atoms with Crippen LogP contribution in [0, 0.1) is 5.82 Å². The Balaban J connectivity index is 1.62. The third-order valence-corrected chi connectivity index (χ3v) is 4.00. The van der Waals surface area contributed by atoms with Crippen molar-refractivity contribution in [1.29, 1.82) is 0 Å². The molecule has 146 valence electrons. The second-order valence-electron chi connectivity index (χ2n) is 5.95. The summed E-state index contributed by atoms with van der Waals surface area (Å²) in [5.74, 6) is 0.212. The van der Waals surface area contributed by atoms with Crippen molar-refractivity contribution in [2.45, 2.75) is 19.4 Å². The van der Waals surface area contributed by atoms with Crippen LogP contribution in [0.3, 0.4) is 0 Å². The van der Waals surface area contributed by atoms with Crippen LogP contribution in [0.25, 0.3) is 11.5 Å². The summed E-state index contributed by atoms with van der Waals surface area (Å²) in [5, 5.41) is 7.90. The first kappa shape index (κ1) is 19.3. The van der Waals surface area contributed by atoms with Crippen molar-refractivity contribution >= 4 is 5.97 Å². The van der Waals surface area contributed by atoms with Crippen LogP contribution in [0.4, 0.5) is 4.39 Å². The molecule has 0 saturated heterocycles. The average molecular weight is 386 g/mol. The van der Waals surface area contributed by atoms with E-state index >= 15 is 0 Å². The van der Waals surface area contributed by atoms with Gasteiger partial charge in [0.2, 0.25) is 5.89 Å². The zero-order chi connectivity index (χ0) is 20.1. The van der Waals surface area contributed by atoms with Crippen molar-refractivity contribution in [2.24, 2.45) is 0 Å². The molecule has 0 fully saturated rings. The van der Waals surface area contributed by atoms with Crippen molar-refractivity contribution in [2.75, 3.05) is 14.2 Å². The van der Waals surface area contributed by atoms with Crippen molar-refractivity contribution in [3.05, 3.63) is 59.7 Å². The molecular weight excluding hydrogens is 367 g/mol. The maximum atomic E-state index is 13.7. The first-order valence-electron chi connectivity index (χ1n) is 8.50. The van der Waals surface area contributed by atoms with Gasteiger partial charge in [-0.3, -0.25) is 4.79 Å². The van der Waals surface area contributed by atoms with E-state index in [1.165, 1.54) is 19.2 Å². The first-order valence-corrected chi connectivity index (χ1v) is 8.50. The molecule has 1 heterocycles. The number of methoxy groups -OCH3 is 2. The van der Waals surface area contributed by atoms with E-state index in [1.807, 2.05) is 0 Å². The molecule has 0 spiro atoms. The second kappa shape index (κ2) is 8.51. The summed E-state index contributed by atoms with van der Waals surface area (Å²) in [7, 11) is 2.95. The molecule has 0 bridgehead atoms. The van der Waals surface area contributed by atoms with E-state index in [1.54, 1.807) is 44.4 Å². The zero-order valence-electron chi connectivity index (χ0n) is 15.6. The third-order valence-electron chi connectivity index (χ3n) is 4.00. The van der Waals surface area contributed by atoms with Gasteiger partial charge in [-0.2, -0.15) is 0 Å². The molecule has 3 aromatic rings. The Kier molecular flexibility index (Phi) is 5.88. The summed E-state index contributed by atoms with van der Waals surface area (Å²) in [6.07, 6.45) is -0.833. The number of carbonyl (C=O) groups is 1. The Morgan fingerprint density at radius 2 is 1.86 bits per heavy atom. The highest BCUT2D eigenvalue weighted by molar-refractivity contribution is 5.72. The van der Waals surface area contributed by atoms with E-state index in [4.69, 9.17) is 18.6 Å². The summed E-state index contributed by atoms with van der Waals surface area (Å²) >= 11 is 0. The van der Waals surface area contributed by atoms with Gasteiger partial charge in [0.25, 0.3) is 5.89 Å². The van der Waals surface area contributed by atoms with Crippen LogP contribution in [0.2, 0.25) is 0 Å². The molecule has 0 aliphatic rings. The lowest BCUT2D eigenvalue weighted by atomic mass is 10.1. The molecule has 0 aliphatic heterocycles. The predicted molar refractivity (Wildman–Crippen MR) is 97.4 cm³/mol. The smallest absolute Gasteiger partial charge is 0.311 e. The lowest BCUT2D eigenvalue weighted by Crippen LogP contribution is -2.12. The number of ether oxygens (including phenoxy) is 3. The molecule has 0 N–H and O–H groups in total. The Morgan fingerprint density at radius 3 is 2.50 bits per heavy atom. The molecule has 0 aliphatic carbocycles. The maximum absolute atomic E-state index is 13.7. The fourth-order valence-corrected chi connectivity index (χ4v) is 2.52. The largest absolute Gasteiger partial charge is 0.497 e. The van der Waals surface area contributed by atoms with Crippen LogP contribution in [-0.2, 0) is 16.0 Å². The van der Waals surface area contributed by atoms with E-state index in [-0.39, 0.29) is 18.1 Å². The Morgan fingerprint density at radius 1 is 1.11 bits per heavy atom. The molecule has 28 heavy (non-hydrogen) atoms. The SMILES string of the molecule is COc1ccc(-c2nnc([C@H](C)OC(=O)Cc3ccc(OC)c(F)c3)o2)cc1. The first-order chi connectivity index (χ1) is 13.5. The highest BCUT2D eigenvalue weighted by Crippen LogP contribution is 2.25. The molecule has 1 aromatic heterocycles. The van der Waals surface area contributed by atoms with Gasteiger partial charge in [-0.05, 0) is 48.9 Å². The number of hydrogen-bond donors (Lipinski definition) is 0. The lowest BCUT2D eigenvalue weighted by Gasteiger charge is -2.10. The molecule has 0 unspecified atom stereocenters. The minimum atomic E-state index is -0.741. The van der Waals surface area contributed by atoms with Gasteiger partial charge in [0.05, 0.1) is 20.6 Å². The van der Waals surface area contributed by atoms with Crippen molar-refractivity contribution in [3.8, 4) is 23.0 Å². The molecule has 3 rings (SSSR count). The fraction of sp³-hybridized carbons (Fsp3) is 0.250. The molecule has 1 atom stereocenters. The van der Waals surface area contributed by atoms with Gasteiger partial charge < -0.3 is 18.6 Å². The number of rotatable bonds is 7.